The Morgan fingerprint density at radius 1 is 1.14 bits per heavy atom. The van der Waals surface area contributed by atoms with E-state index in [1.54, 1.807) is 11.3 Å². The molecule has 0 amide bonds. The lowest BCUT2D eigenvalue weighted by Crippen LogP contribution is -2.04. The summed E-state index contributed by atoms with van der Waals surface area (Å²) in [5.41, 5.74) is 2.44. The van der Waals surface area contributed by atoms with Crippen molar-refractivity contribution in [1.82, 2.24) is 4.98 Å². The zero-order valence-corrected chi connectivity index (χ0v) is 14.5. The number of benzene rings is 2. The molecule has 22 heavy (non-hydrogen) atoms. The van der Waals surface area contributed by atoms with Crippen molar-refractivity contribution in [1.29, 1.82) is 0 Å². The molecular weight excluding hydrogens is 308 g/mol. The van der Waals surface area contributed by atoms with Gasteiger partial charge in [0.25, 0.3) is 0 Å². The Balaban J connectivity index is 1.64. The number of aromatic nitrogens is 1. The largest absolute Gasteiger partial charge is 0.361 e. The van der Waals surface area contributed by atoms with Crippen molar-refractivity contribution < 1.29 is 0 Å². The molecule has 0 spiro atoms. The summed E-state index contributed by atoms with van der Waals surface area (Å²) in [6.07, 6.45) is 1.02. The van der Waals surface area contributed by atoms with E-state index < -0.39 is 0 Å². The molecule has 2 nitrogen and oxygen atoms in total. The summed E-state index contributed by atoms with van der Waals surface area (Å²) in [7, 11) is 0. The van der Waals surface area contributed by atoms with Crippen LogP contribution in [0.2, 0.25) is 0 Å². The summed E-state index contributed by atoms with van der Waals surface area (Å²) >= 11 is 3.63. The third kappa shape index (κ3) is 4.02. The van der Waals surface area contributed by atoms with Crippen LogP contribution >= 0.6 is 23.1 Å². The van der Waals surface area contributed by atoms with E-state index in [-0.39, 0.29) is 0 Å². The van der Waals surface area contributed by atoms with Gasteiger partial charge in [-0.25, -0.2) is 4.98 Å². The van der Waals surface area contributed by atoms with E-state index in [0.29, 0.717) is 5.25 Å². The molecule has 0 saturated heterocycles. The molecule has 1 aromatic heterocycles. The molecule has 4 heteroatoms. The van der Waals surface area contributed by atoms with Crippen molar-refractivity contribution in [3.05, 3.63) is 54.1 Å². The first-order valence-electron chi connectivity index (χ1n) is 7.56. The molecule has 0 atom stereocenters. The first kappa shape index (κ1) is 15.4. The third-order valence-electron chi connectivity index (χ3n) is 3.26. The predicted octanol–water partition coefficient (Wildman–Crippen LogP) is 5.45. The Morgan fingerprint density at radius 2 is 1.95 bits per heavy atom. The zero-order chi connectivity index (χ0) is 15.4. The molecule has 1 heterocycles. The average molecular weight is 329 g/mol. The number of hydrogen-bond acceptors (Lipinski definition) is 4. The topological polar surface area (TPSA) is 24.9 Å². The number of nitrogens with one attached hydrogen (secondary N) is 1. The molecule has 0 unspecified atom stereocenters. The second kappa shape index (κ2) is 7.16. The molecule has 0 aliphatic heterocycles. The second-order valence-corrected chi connectivity index (χ2v) is 8.16. The maximum absolute atomic E-state index is 4.66. The number of thiazole rings is 1. The van der Waals surface area contributed by atoms with Gasteiger partial charge >= 0.3 is 0 Å². The van der Waals surface area contributed by atoms with Crippen molar-refractivity contribution in [2.75, 3.05) is 11.9 Å². The minimum Gasteiger partial charge on any atom is -0.361 e. The van der Waals surface area contributed by atoms with Crippen LogP contribution in [0.1, 0.15) is 19.4 Å². The molecule has 3 aromatic rings. The molecule has 0 saturated carbocycles. The fourth-order valence-electron chi connectivity index (χ4n) is 2.28. The highest BCUT2D eigenvalue weighted by Gasteiger charge is 2.06. The summed E-state index contributed by atoms with van der Waals surface area (Å²) in [4.78, 5) is 5.98. The molecule has 114 valence electrons. The summed E-state index contributed by atoms with van der Waals surface area (Å²) in [6.45, 7) is 5.35. The quantitative estimate of drug-likeness (QED) is 0.609. The minimum absolute atomic E-state index is 0.605. The van der Waals surface area contributed by atoms with E-state index in [1.165, 1.54) is 15.2 Å². The number of thioether (sulfide) groups is 1. The molecule has 1 N–H and O–H groups in total. The van der Waals surface area contributed by atoms with Gasteiger partial charge in [-0.1, -0.05) is 55.5 Å². The highest BCUT2D eigenvalue weighted by atomic mass is 32.2. The lowest BCUT2D eigenvalue weighted by Gasteiger charge is -2.03. The highest BCUT2D eigenvalue weighted by Crippen LogP contribution is 2.31. The average Bonchev–Trinajstić information content (AvgIpc) is 2.89. The first-order chi connectivity index (χ1) is 10.7. The Morgan fingerprint density at radius 3 is 2.73 bits per heavy atom. The summed E-state index contributed by atoms with van der Waals surface area (Å²) in [6, 6.07) is 17.1. The molecule has 2 aromatic carbocycles. The van der Waals surface area contributed by atoms with Gasteiger partial charge in [0, 0.05) is 16.7 Å². The van der Waals surface area contributed by atoms with Gasteiger partial charge in [0.2, 0.25) is 0 Å². The molecule has 0 aliphatic rings. The molecule has 0 radical (unpaired) electrons. The maximum atomic E-state index is 4.66. The fourth-order valence-corrected chi connectivity index (χ4v) is 4.17. The van der Waals surface area contributed by atoms with Gasteiger partial charge in [-0.05, 0) is 30.2 Å². The van der Waals surface area contributed by atoms with E-state index in [4.69, 9.17) is 0 Å². The monoisotopic (exact) mass is 328 g/mol. The van der Waals surface area contributed by atoms with E-state index in [2.05, 4.69) is 72.7 Å². The lowest BCUT2D eigenvalue weighted by atomic mass is 10.2. The minimum atomic E-state index is 0.605. The molecule has 0 bridgehead atoms. The van der Waals surface area contributed by atoms with Crippen molar-refractivity contribution >= 4 is 38.4 Å². The maximum Gasteiger partial charge on any atom is 0.183 e. The number of rotatable bonds is 6. The van der Waals surface area contributed by atoms with Crippen molar-refractivity contribution in [2.24, 2.45) is 0 Å². The standard InChI is InChI=1S/C18H20N2S2/c1-13(2)21-15-8-9-16-17(12-15)22-18(20-16)19-11-10-14-6-4-3-5-7-14/h3-9,12-13H,10-11H2,1-2H3,(H,19,20). The van der Waals surface area contributed by atoms with Crippen molar-refractivity contribution in [3.8, 4) is 0 Å². The van der Waals surface area contributed by atoms with E-state index in [9.17, 15) is 0 Å². The van der Waals surface area contributed by atoms with Gasteiger partial charge in [-0.15, -0.1) is 11.8 Å². The SMILES string of the molecule is CC(C)Sc1ccc2nc(NCCc3ccccc3)sc2c1. The fraction of sp³-hybridized carbons (Fsp3) is 0.278. The van der Waals surface area contributed by atoms with Crippen LogP contribution in [0, 0.1) is 0 Å². The van der Waals surface area contributed by atoms with Crippen molar-refractivity contribution in [3.63, 3.8) is 0 Å². The summed E-state index contributed by atoms with van der Waals surface area (Å²) < 4.78 is 1.26. The molecular formula is C18H20N2S2. The second-order valence-electron chi connectivity index (χ2n) is 5.48. The van der Waals surface area contributed by atoms with Gasteiger partial charge < -0.3 is 5.32 Å². The van der Waals surface area contributed by atoms with Gasteiger partial charge in [0.1, 0.15) is 0 Å². The Labute approximate surface area is 140 Å². The summed E-state index contributed by atoms with van der Waals surface area (Å²) in [5.74, 6) is 0. The number of nitrogens with zero attached hydrogens (tertiary/aromatic N) is 1. The predicted molar refractivity (Wildman–Crippen MR) is 99.2 cm³/mol. The van der Waals surface area contributed by atoms with Crippen LogP contribution in [0.15, 0.2) is 53.4 Å². The van der Waals surface area contributed by atoms with Gasteiger partial charge in [-0.3, -0.25) is 0 Å². The van der Waals surface area contributed by atoms with Gasteiger partial charge in [0.15, 0.2) is 5.13 Å². The van der Waals surface area contributed by atoms with E-state index >= 15 is 0 Å². The first-order valence-corrected chi connectivity index (χ1v) is 9.25. The Kier molecular flexibility index (Phi) is 5.01. The smallest absolute Gasteiger partial charge is 0.183 e. The van der Waals surface area contributed by atoms with Crippen LogP contribution < -0.4 is 5.32 Å². The lowest BCUT2D eigenvalue weighted by molar-refractivity contribution is 1.02. The van der Waals surface area contributed by atoms with E-state index in [1.807, 2.05) is 11.8 Å². The Hall–Kier alpha value is -1.52. The van der Waals surface area contributed by atoms with Crippen LogP contribution in [0.25, 0.3) is 10.2 Å². The number of anilines is 1. The third-order valence-corrected chi connectivity index (χ3v) is 5.24. The van der Waals surface area contributed by atoms with Gasteiger partial charge in [0.05, 0.1) is 10.2 Å². The van der Waals surface area contributed by atoms with Crippen LogP contribution in [0.4, 0.5) is 5.13 Å². The van der Waals surface area contributed by atoms with E-state index in [0.717, 1.165) is 23.6 Å². The van der Waals surface area contributed by atoms with Crippen molar-refractivity contribution in [2.45, 2.75) is 30.4 Å². The van der Waals surface area contributed by atoms with Gasteiger partial charge in [-0.2, -0.15) is 0 Å². The van der Waals surface area contributed by atoms with Crippen LogP contribution in [0.5, 0.6) is 0 Å². The number of fused-ring (bicyclic) bond motifs is 1. The molecule has 3 rings (SSSR count). The normalized spacial score (nSPS) is 11.2. The zero-order valence-electron chi connectivity index (χ0n) is 12.9. The summed E-state index contributed by atoms with van der Waals surface area (Å²) in [5, 5.41) is 5.06. The molecule has 0 fully saturated rings. The number of hydrogen-bond donors (Lipinski definition) is 1. The van der Waals surface area contributed by atoms with Crippen LogP contribution in [0.3, 0.4) is 0 Å². The highest BCUT2D eigenvalue weighted by molar-refractivity contribution is 7.99. The Bertz CT molecular complexity index is 735. The molecule has 0 aliphatic carbocycles. The van der Waals surface area contributed by atoms with Crippen LogP contribution in [-0.2, 0) is 6.42 Å². The van der Waals surface area contributed by atoms with Crippen LogP contribution in [-0.4, -0.2) is 16.8 Å².